The summed E-state index contributed by atoms with van der Waals surface area (Å²) < 4.78 is 45.8. The van der Waals surface area contributed by atoms with Crippen LogP contribution in [0.25, 0.3) is 0 Å². The SMILES string of the molecule is C[C@@H](C(=O)Nc1ccc(F)c(F)c1F)[NH+]1CC[NH+](Cc2ccc3c(c2)CCO3)CC1. The molecule has 3 N–H and O–H groups in total. The van der Waals surface area contributed by atoms with Gasteiger partial charge in [-0.2, -0.15) is 0 Å². The van der Waals surface area contributed by atoms with Crippen molar-refractivity contribution in [2.75, 3.05) is 38.1 Å². The molecule has 0 radical (unpaired) electrons. The van der Waals surface area contributed by atoms with E-state index in [4.69, 9.17) is 4.74 Å². The summed E-state index contributed by atoms with van der Waals surface area (Å²) >= 11 is 0. The van der Waals surface area contributed by atoms with E-state index in [0.717, 1.165) is 68.5 Å². The van der Waals surface area contributed by atoms with Crippen LogP contribution in [0.1, 0.15) is 18.1 Å². The van der Waals surface area contributed by atoms with Crippen molar-refractivity contribution in [2.24, 2.45) is 0 Å². The van der Waals surface area contributed by atoms with Gasteiger partial charge in [0.05, 0.1) is 12.3 Å². The molecule has 0 spiro atoms. The lowest BCUT2D eigenvalue weighted by Crippen LogP contribution is -3.29. The van der Waals surface area contributed by atoms with Crippen molar-refractivity contribution in [3.63, 3.8) is 0 Å². The fourth-order valence-corrected chi connectivity index (χ4v) is 4.22. The molecule has 2 aliphatic heterocycles. The third kappa shape index (κ3) is 4.29. The van der Waals surface area contributed by atoms with Crippen LogP contribution in [0.3, 0.4) is 0 Å². The van der Waals surface area contributed by atoms with Crippen LogP contribution in [0.4, 0.5) is 18.9 Å². The lowest BCUT2D eigenvalue weighted by Gasteiger charge is -2.32. The summed E-state index contributed by atoms with van der Waals surface area (Å²) in [4.78, 5) is 15.1. The lowest BCUT2D eigenvalue weighted by molar-refractivity contribution is -1.02. The lowest BCUT2D eigenvalue weighted by atomic mass is 10.1. The minimum Gasteiger partial charge on any atom is -0.493 e. The van der Waals surface area contributed by atoms with Crippen molar-refractivity contribution >= 4 is 11.6 Å². The molecule has 0 saturated carbocycles. The number of hydrogen-bond acceptors (Lipinski definition) is 2. The Morgan fingerprint density at radius 2 is 1.87 bits per heavy atom. The predicted molar refractivity (Wildman–Crippen MR) is 105 cm³/mol. The Morgan fingerprint density at radius 3 is 2.63 bits per heavy atom. The van der Waals surface area contributed by atoms with Crippen LogP contribution in [0.2, 0.25) is 0 Å². The van der Waals surface area contributed by atoms with E-state index >= 15 is 0 Å². The first kappa shape index (κ1) is 20.7. The van der Waals surface area contributed by atoms with Crippen molar-refractivity contribution in [1.29, 1.82) is 0 Å². The van der Waals surface area contributed by atoms with E-state index < -0.39 is 29.4 Å². The van der Waals surface area contributed by atoms with Gasteiger partial charge in [0.25, 0.3) is 5.91 Å². The topological polar surface area (TPSA) is 47.2 Å². The molecule has 2 heterocycles. The summed E-state index contributed by atoms with van der Waals surface area (Å²) in [5.74, 6) is -3.65. The molecule has 1 fully saturated rings. The molecule has 0 aromatic heterocycles. The zero-order valence-corrected chi connectivity index (χ0v) is 16.9. The average molecular weight is 421 g/mol. The van der Waals surface area contributed by atoms with Crippen molar-refractivity contribution in [2.45, 2.75) is 25.9 Å². The number of piperazine rings is 1. The highest BCUT2D eigenvalue weighted by Gasteiger charge is 2.32. The number of anilines is 1. The summed E-state index contributed by atoms with van der Waals surface area (Å²) in [6, 6.07) is 7.80. The van der Waals surface area contributed by atoms with Crippen LogP contribution >= 0.6 is 0 Å². The van der Waals surface area contributed by atoms with E-state index in [-0.39, 0.29) is 5.69 Å². The average Bonchev–Trinajstić information content (AvgIpc) is 3.22. The summed E-state index contributed by atoms with van der Waals surface area (Å²) in [6.07, 6.45) is 0.960. The third-order valence-electron chi connectivity index (χ3n) is 6.11. The minimum atomic E-state index is -1.58. The van der Waals surface area contributed by atoms with Gasteiger partial charge >= 0.3 is 0 Å². The molecule has 5 nitrogen and oxygen atoms in total. The van der Waals surface area contributed by atoms with Gasteiger partial charge in [-0.1, -0.05) is 0 Å². The molecule has 0 unspecified atom stereocenters. The van der Waals surface area contributed by atoms with Crippen molar-refractivity contribution < 1.29 is 32.5 Å². The monoisotopic (exact) mass is 421 g/mol. The number of ether oxygens (including phenoxy) is 1. The van der Waals surface area contributed by atoms with Gasteiger partial charge in [-0.15, -0.1) is 0 Å². The molecule has 4 rings (SSSR count). The Balaban J connectivity index is 1.30. The van der Waals surface area contributed by atoms with Gasteiger partial charge in [0.1, 0.15) is 38.5 Å². The molecule has 0 aliphatic carbocycles. The Morgan fingerprint density at radius 1 is 1.10 bits per heavy atom. The first-order valence-electron chi connectivity index (χ1n) is 10.3. The van der Waals surface area contributed by atoms with Crippen LogP contribution < -0.4 is 19.9 Å². The molecular formula is C22H26F3N3O2+2. The van der Waals surface area contributed by atoms with Gasteiger partial charge < -0.3 is 19.9 Å². The maximum atomic E-state index is 13.8. The first-order valence-corrected chi connectivity index (χ1v) is 10.3. The van der Waals surface area contributed by atoms with E-state index in [2.05, 4.69) is 17.4 Å². The van der Waals surface area contributed by atoms with Crippen molar-refractivity contribution in [3.8, 4) is 5.75 Å². The Labute approximate surface area is 173 Å². The second-order valence-electron chi connectivity index (χ2n) is 8.06. The molecule has 2 aliphatic rings. The fourth-order valence-electron chi connectivity index (χ4n) is 4.22. The van der Waals surface area contributed by atoms with Crippen molar-refractivity contribution in [1.82, 2.24) is 0 Å². The third-order valence-corrected chi connectivity index (χ3v) is 6.11. The number of halogens is 3. The molecule has 0 bridgehead atoms. The number of hydrogen-bond donors (Lipinski definition) is 3. The minimum absolute atomic E-state index is 0.338. The Hall–Kier alpha value is -2.58. The zero-order chi connectivity index (χ0) is 21.3. The quantitative estimate of drug-likeness (QED) is 0.611. The highest BCUT2D eigenvalue weighted by molar-refractivity contribution is 5.93. The standard InChI is InChI=1S/C22H24F3N3O2/c1-14(22(29)26-18-4-3-17(23)20(24)21(18)25)28-9-7-27(8-10-28)13-15-2-5-19-16(12-15)6-11-30-19/h2-5,12,14H,6-11,13H2,1H3,(H,26,29)/p+2/t14-/m0/s1. The van der Waals surface area contributed by atoms with Gasteiger partial charge in [-0.25, -0.2) is 13.2 Å². The predicted octanol–water partition coefficient (Wildman–Crippen LogP) is 0.349. The molecule has 1 saturated heterocycles. The molecule has 160 valence electrons. The molecule has 2 aromatic carbocycles. The number of carbonyl (C=O) groups is 1. The van der Waals surface area contributed by atoms with E-state index in [1.54, 1.807) is 6.92 Å². The second kappa shape index (κ2) is 8.65. The van der Waals surface area contributed by atoms with Crippen LogP contribution in [0.15, 0.2) is 30.3 Å². The number of quaternary nitrogens is 2. The van der Waals surface area contributed by atoms with E-state index in [0.29, 0.717) is 0 Å². The van der Waals surface area contributed by atoms with Gasteiger partial charge in [0, 0.05) is 12.0 Å². The molecule has 1 amide bonds. The number of benzene rings is 2. The maximum absolute atomic E-state index is 13.8. The van der Waals surface area contributed by atoms with Crippen LogP contribution in [0.5, 0.6) is 5.75 Å². The highest BCUT2D eigenvalue weighted by Crippen LogP contribution is 2.25. The Kier molecular flexibility index (Phi) is 5.97. The van der Waals surface area contributed by atoms with Crippen LogP contribution in [-0.4, -0.2) is 44.7 Å². The molecule has 2 aromatic rings. The number of fused-ring (bicyclic) bond motifs is 1. The molecule has 8 heteroatoms. The van der Waals surface area contributed by atoms with E-state index in [1.807, 2.05) is 6.07 Å². The van der Waals surface area contributed by atoms with E-state index in [1.165, 1.54) is 16.0 Å². The summed E-state index contributed by atoms with van der Waals surface area (Å²) in [5, 5.41) is 2.39. The molecule has 1 atom stereocenters. The van der Waals surface area contributed by atoms with E-state index in [9.17, 15) is 18.0 Å². The maximum Gasteiger partial charge on any atom is 0.282 e. The van der Waals surface area contributed by atoms with Gasteiger partial charge in [0.2, 0.25) is 0 Å². The van der Waals surface area contributed by atoms with Gasteiger partial charge in [-0.3, -0.25) is 4.79 Å². The smallest absolute Gasteiger partial charge is 0.282 e. The van der Waals surface area contributed by atoms with Crippen LogP contribution in [0, 0.1) is 17.5 Å². The largest absolute Gasteiger partial charge is 0.493 e. The summed E-state index contributed by atoms with van der Waals surface area (Å²) in [7, 11) is 0. The Bertz CT molecular complexity index is 945. The summed E-state index contributed by atoms with van der Waals surface area (Å²) in [5.41, 5.74) is 2.22. The normalized spacial score (nSPS) is 21.6. The number of amides is 1. The number of nitrogens with one attached hydrogen (secondary N) is 3. The van der Waals surface area contributed by atoms with Gasteiger partial charge in [0.15, 0.2) is 23.5 Å². The second-order valence-corrected chi connectivity index (χ2v) is 8.06. The summed E-state index contributed by atoms with van der Waals surface area (Å²) in [6.45, 7) is 6.90. The zero-order valence-electron chi connectivity index (χ0n) is 16.9. The highest BCUT2D eigenvalue weighted by atomic mass is 19.2. The number of carbonyl (C=O) groups excluding carboxylic acids is 1. The first-order chi connectivity index (χ1) is 14.4. The van der Waals surface area contributed by atoms with Crippen LogP contribution in [-0.2, 0) is 17.8 Å². The van der Waals surface area contributed by atoms with Gasteiger partial charge in [-0.05, 0) is 42.8 Å². The fraction of sp³-hybridized carbons (Fsp3) is 0.409. The molecular weight excluding hydrogens is 395 g/mol. The van der Waals surface area contributed by atoms with Crippen molar-refractivity contribution in [3.05, 3.63) is 58.9 Å². The number of rotatable bonds is 5. The molecule has 30 heavy (non-hydrogen) atoms.